The molecule has 1 amide bonds. The molecule has 1 rings (SSSR count). The highest BCUT2D eigenvalue weighted by Crippen LogP contribution is 2.17. The van der Waals surface area contributed by atoms with Gasteiger partial charge in [0.25, 0.3) is 0 Å². The van der Waals surface area contributed by atoms with E-state index in [2.05, 4.69) is 26.0 Å². The molecule has 1 aromatic rings. The second-order valence-electron chi connectivity index (χ2n) is 4.69. The van der Waals surface area contributed by atoms with Crippen LogP contribution in [0, 0.1) is 0 Å². The first-order chi connectivity index (χ1) is 9.78. The third kappa shape index (κ3) is 8.06. The summed E-state index contributed by atoms with van der Waals surface area (Å²) in [6.07, 6.45) is -3.51. The van der Waals surface area contributed by atoms with Gasteiger partial charge in [0, 0.05) is 16.9 Å². The van der Waals surface area contributed by atoms with Gasteiger partial charge < -0.3 is 10.1 Å². The lowest BCUT2D eigenvalue weighted by molar-refractivity contribution is -0.175. The first-order valence-electron chi connectivity index (χ1n) is 6.45. The summed E-state index contributed by atoms with van der Waals surface area (Å²) in [6.45, 7) is 0.136. The number of hydrogen-bond acceptors (Lipinski definition) is 2. The number of aryl methyl sites for hydroxylation is 1. The normalized spacial score (nSPS) is 13.0. The highest BCUT2D eigenvalue weighted by atomic mass is 79.9. The lowest BCUT2D eigenvalue weighted by Gasteiger charge is -2.15. The Morgan fingerprint density at radius 3 is 2.67 bits per heavy atom. The molecule has 0 aromatic heterocycles. The van der Waals surface area contributed by atoms with Crippen molar-refractivity contribution in [3.05, 3.63) is 34.3 Å². The quantitative estimate of drug-likeness (QED) is 0.801. The third-order valence-electron chi connectivity index (χ3n) is 2.62. The topological polar surface area (TPSA) is 38.3 Å². The van der Waals surface area contributed by atoms with Gasteiger partial charge in [0.2, 0.25) is 5.91 Å². The number of ether oxygens (including phenoxy) is 1. The van der Waals surface area contributed by atoms with E-state index in [0.717, 1.165) is 10.0 Å². The van der Waals surface area contributed by atoms with Gasteiger partial charge in [0.15, 0.2) is 0 Å². The Kier molecular flexibility index (Phi) is 7.17. The number of halogens is 4. The molecule has 1 unspecified atom stereocenters. The molecule has 0 radical (unpaired) electrons. The van der Waals surface area contributed by atoms with Gasteiger partial charge in [-0.3, -0.25) is 4.79 Å². The van der Waals surface area contributed by atoms with Crippen LogP contribution in [0.4, 0.5) is 13.2 Å². The van der Waals surface area contributed by atoms with Crippen molar-refractivity contribution < 1.29 is 22.7 Å². The zero-order chi connectivity index (χ0) is 15.9. The molecular formula is C14H17BrF3NO2. The van der Waals surface area contributed by atoms with Gasteiger partial charge in [-0.15, -0.1) is 0 Å². The molecular weight excluding hydrogens is 351 g/mol. The summed E-state index contributed by atoms with van der Waals surface area (Å²) in [4.78, 5) is 11.7. The number of amides is 1. The molecule has 0 bridgehead atoms. The minimum atomic E-state index is -4.34. The maximum absolute atomic E-state index is 11.9. The second-order valence-corrected chi connectivity index (χ2v) is 5.54. The largest absolute Gasteiger partial charge is 0.411 e. The Balaban J connectivity index is 2.26. The van der Waals surface area contributed by atoms with E-state index in [0.29, 0.717) is 6.42 Å². The van der Waals surface area contributed by atoms with Gasteiger partial charge in [0.05, 0.1) is 6.61 Å². The van der Waals surface area contributed by atoms with Crippen LogP contribution in [0.25, 0.3) is 0 Å². The highest BCUT2D eigenvalue weighted by Gasteiger charge is 2.27. The van der Waals surface area contributed by atoms with Crippen molar-refractivity contribution in [1.29, 1.82) is 0 Å². The molecule has 0 saturated carbocycles. The summed E-state index contributed by atoms with van der Waals surface area (Å²) >= 11 is 3.39. The zero-order valence-corrected chi connectivity index (χ0v) is 13.1. The summed E-state index contributed by atoms with van der Waals surface area (Å²) in [5, 5.41) is 2.61. The molecule has 0 aliphatic carbocycles. The van der Waals surface area contributed by atoms with Crippen LogP contribution in [0.1, 0.15) is 18.9 Å². The van der Waals surface area contributed by atoms with Crippen LogP contribution in [-0.2, 0) is 16.0 Å². The first kappa shape index (κ1) is 18.0. The molecule has 0 spiro atoms. The van der Waals surface area contributed by atoms with E-state index in [1.54, 1.807) is 6.92 Å². The fourth-order valence-corrected chi connectivity index (χ4v) is 2.17. The molecule has 1 aromatic carbocycles. The minimum absolute atomic E-state index is 0.166. The van der Waals surface area contributed by atoms with Crippen molar-refractivity contribution in [2.75, 3.05) is 13.2 Å². The van der Waals surface area contributed by atoms with Crippen molar-refractivity contribution in [3.8, 4) is 0 Å². The Hall–Kier alpha value is -1.08. The smallest absolute Gasteiger partial charge is 0.370 e. The molecule has 21 heavy (non-hydrogen) atoms. The van der Waals surface area contributed by atoms with Gasteiger partial charge in [-0.2, -0.15) is 13.2 Å². The monoisotopic (exact) mass is 367 g/mol. The minimum Gasteiger partial charge on any atom is -0.370 e. The summed E-state index contributed by atoms with van der Waals surface area (Å²) < 4.78 is 41.1. The van der Waals surface area contributed by atoms with Gasteiger partial charge in [-0.1, -0.05) is 34.1 Å². The van der Waals surface area contributed by atoms with Gasteiger partial charge >= 0.3 is 6.18 Å². The Bertz CT molecular complexity index is 466. The fraction of sp³-hybridized carbons (Fsp3) is 0.500. The lowest BCUT2D eigenvalue weighted by atomic mass is 10.1. The molecule has 0 saturated heterocycles. The Morgan fingerprint density at radius 1 is 1.38 bits per heavy atom. The Morgan fingerprint density at radius 2 is 2.05 bits per heavy atom. The molecule has 1 atom stereocenters. The molecule has 0 heterocycles. The molecule has 7 heteroatoms. The fourth-order valence-electron chi connectivity index (χ4n) is 1.69. The van der Waals surface area contributed by atoms with Gasteiger partial charge in [-0.05, 0) is 25.0 Å². The Labute approximate surface area is 130 Å². The van der Waals surface area contributed by atoms with E-state index < -0.39 is 18.8 Å². The number of alkyl halides is 3. The molecule has 0 aliphatic heterocycles. The van der Waals surface area contributed by atoms with Crippen LogP contribution in [0.15, 0.2) is 28.7 Å². The van der Waals surface area contributed by atoms with Gasteiger partial charge in [0.1, 0.15) is 6.61 Å². The first-order valence-corrected chi connectivity index (χ1v) is 7.24. The van der Waals surface area contributed by atoms with Crippen molar-refractivity contribution in [2.45, 2.75) is 32.0 Å². The predicted molar refractivity (Wildman–Crippen MR) is 76.9 cm³/mol. The van der Waals surface area contributed by atoms with Crippen molar-refractivity contribution >= 4 is 21.8 Å². The average molecular weight is 368 g/mol. The highest BCUT2D eigenvalue weighted by molar-refractivity contribution is 9.10. The number of hydrogen-bond donors (Lipinski definition) is 1. The summed E-state index contributed by atoms with van der Waals surface area (Å²) in [7, 11) is 0. The van der Waals surface area contributed by atoms with E-state index in [-0.39, 0.29) is 18.9 Å². The van der Waals surface area contributed by atoms with Crippen molar-refractivity contribution in [2.24, 2.45) is 0 Å². The second kappa shape index (κ2) is 8.38. The zero-order valence-electron chi connectivity index (χ0n) is 11.5. The van der Waals surface area contributed by atoms with E-state index >= 15 is 0 Å². The lowest BCUT2D eigenvalue weighted by Crippen LogP contribution is -2.37. The number of benzene rings is 1. The van der Waals surface area contributed by atoms with E-state index in [1.165, 1.54) is 0 Å². The maximum atomic E-state index is 11.9. The average Bonchev–Trinajstić information content (AvgIpc) is 2.36. The number of nitrogens with one attached hydrogen (secondary N) is 1. The third-order valence-corrected chi connectivity index (χ3v) is 3.39. The number of carbonyl (C=O) groups is 1. The number of rotatable bonds is 7. The van der Waals surface area contributed by atoms with Crippen LogP contribution in [0.5, 0.6) is 0 Å². The summed E-state index contributed by atoms with van der Waals surface area (Å²) in [5.41, 5.74) is 1.01. The van der Waals surface area contributed by atoms with Crippen LogP contribution < -0.4 is 5.32 Å². The number of carbonyl (C=O) groups excluding carboxylic acids is 1. The van der Waals surface area contributed by atoms with E-state index in [9.17, 15) is 18.0 Å². The molecule has 3 nitrogen and oxygen atoms in total. The van der Waals surface area contributed by atoms with Crippen molar-refractivity contribution in [3.63, 3.8) is 0 Å². The predicted octanol–water partition coefficient (Wildman–Crippen LogP) is 3.47. The van der Waals surface area contributed by atoms with Crippen LogP contribution >= 0.6 is 15.9 Å². The molecule has 0 fully saturated rings. The molecule has 118 valence electrons. The summed E-state index contributed by atoms with van der Waals surface area (Å²) in [6, 6.07) is 7.10. The SMILES string of the molecule is CC(COCC(F)(F)F)NC(=O)CCc1ccccc1Br. The van der Waals surface area contributed by atoms with Crippen LogP contribution in [0.3, 0.4) is 0 Å². The van der Waals surface area contributed by atoms with Crippen LogP contribution in [-0.4, -0.2) is 31.3 Å². The van der Waals surface area contributed by atoms with E-state index in [4.69, 9.17) is 0 Å². The summed E-state index contributed by atoms with van der Waals surface area (Å²) in [5.74, 6) is -0.214. The standard InChI is InChI=1S/C14H17BrF3NO2/c1-10(8-21-9-14(16,17)18)19-13(20)7-6-11-4-2-3-5-12(11)15/h2-5,10H,6-9H2,1H3,(H,19,20). The molecule has 0 aliphatic rings. The van der Waals surface area contributed by atoms with Gasteiger partial charge in [-0.25, -0.2) is 0 Å². The molecule has 1 N–H and O–H groups in total. The maximum Gasteiger partial charge on any atom is 0.411 e. The van der Waals surface area contributed by atoms with E-state index in [1.807, 2.05) is 24.3 Å². The van der Waals surface area contributed by atoms with Crippen LogP contribution in [0.2, 0.25) is 0 Å². The van der Waals surface area contributed by atoms with Crippen molar-refractivity contribution in [1.82, 2.24) is 5.32 Å².